The molecule has 6 nitrogen and oxygen atoms in total. The predicted octanol–water partition coefficient (Wildman–Crippen LogP) is 4.76. The Kier molecular flexibility index (Phi) is 7.33. The monoisotopic (exact) mass is 436 g/mol. The molecule has 1 fully saturated rings. The van der Waals surface area contributed by atoms with Crippen molar-refractivity contribution < 1.29 is 9.90 Å². The van der Waals surface area contributed by atoms with Crippen LogP contribution < -0.4 is 10.2 Å². The van der Waals surface area contributed by atoms with Crippen LogP contribution in [-0.4, -0.2) is 40.2 Å². The summed E-state index contributed by atoms with van der Waals surface area (Å²) in [5, 5.41) is 14.2. The molecule has 2 N–H and O–H groups in total. The number of carbonyl (C=O) groups excluding carboxylic acids is 1. The number of hydrogen-bond donors (Lipinski definition) is 2. The van der Waals surface area contributed by atoms with Crippen molar-refractivity contribution in [1.29, 1.82) is 0 Å². The number of anilines is 2. The normalized spacial score (nSPS) is 16.6. The van der Waals surface area contributed by atoms with Gasteiger partial charge in [-0.25, -0.2) is 9.97 Å². The highest BCUT2D eigenvalue weighted by atomic mass is 35.5. The van der Waals surface area contributed by atoms with Gasteiger partial charge in [-0.3, -0.25) is 4.79 Å². The Morgan fingerprint density at radius 3 is 2.55 bits per heavy atom. The second-order valence-electron chi connectivity index (χ2n) is 7.58. The van der Waals surface area contributed by atoms with E-state index in [9.17, 15) is 9.90 Å². The smallest absolute Gasteiger partial charge is 0.252 e. The van der Waals surface area contributed by atoms with E-state index in [0.29, 0.717) is 29.2 Å². The van der Waals surface area contributed by atoms with Crippen LogP contribution in [0.3, 0.4) is 0 Å². The zero-order valence-electron chi connectivity index (χ0n) is 16.5. The number of carbonyl (C=O) groups is 1. The van der Waals surface area contributed by atoms with Gasteiger partial charge < -0.3 is 15.3 Å². The van der Waals surface area contributed by atoms with Crippen LogP contribution in [0.1, 0.15) is 55.3 Å². The molecule has 0 saturated heterocycles. The Labute approximate surface area is 181 Å². The molecule has 1 amide bonds. The molecular weight excluding hydrogens is 411 g/mol. The van der Waals surface area contributed by atoms with Crippen LogP contribution in [0.15, 0.2) is 30.5 Å². The minimum absolute atomic E-state index is 0.147. The first kappa shape index (κ1) is 21.8. The predicted molar refractivity (Wildman–Crippen MR) is 116 cm³/mol. The van der Waals surface area contributed by atoms with Crippen LogP contribution in [0, 0.1) is 0 Å². The first-order valence-electron chi connectivity index (χ1n) is 9.90. The fourth-order valence-corrected chi connectivity index (χ4v) is 3.97. The van der Waals surface area contributed by atoms with Crippen LogP contribution in [0.2, 0.25) is 10.3 Å². The summed E-state index contributed by atoms with van der Waals surface area (Å²) in [6.07, 6.45) is 8.42. The highest BCUT2D eigenvalue weighted by molar-refractivity contribution is 6.34. The molecule has 0 bridgehead atoms. The van der Waals surface area contributed by atoms with Crippen molar-refractivity contribution in [2.45, 2.75) is 50.5 Å². The Morgan fingerprint density at radius 2 is 1.86 bits per heavy atom. The number of halogens is 2. The van der Waals surface area contributed by atoms with E-state index in [2.05, 4.69) is 15.3 Å². The van der Waals surface area contributed by atoms with Gasteiger partial charge in [0.25, 0.3) is 5.91 Å². The van der Waals surface area contributed by atoms with E-state index in [4.69, 9.17) is 23.2 Å². The van der Waals surface area contributed by atoms with Crippen molar-refractivity contribution in [3.63, 3.8) is 0 Å². The van der Waals surface area contributed by atoms with E-state index in [1.165, 1.54) is 6.42 Å². The van der Waals surface area contributed by atoms with Crippen molar-refractivity contribution in [3.8, 4) is 0 Å². The molecule has 2 aromatic rings. The summed E-state index contributed by atoms with van der Waals surface area (Å²) in [5.41, 5.74) is 0.235. The van der Waals surface area contributed by atoms with E-state index in [-0.39, 0.29) is 17.7 Å². The molecular formula is C21H26Cl2N4O2. The number of nitrogens with zero attached hydrogens (tertiary/aromatic N) is 3. The molecule has 1 heterocycles. The molecule has 0 spiro atoms. The summed E-state index contributed by atoms with van der Waals surface area (Å²) >= 11 is 12.2. The number of aromatic nitrogens is 2. The van der Waals surface area contributed by atoms with Crippen molar-refractivity contribution in [2.75, 3.05) is 18.5 Å². The number of amides is 1. The Hall–Kier alpha value is -1.89. The van der Waals surface area contributed by atoms with Gasteiger partial charge in [-0.2, -0.15) is 0 Å². The van der Waals surface area contributed by atoms with Gasteiger partial charge in [-0.1, -0.05) is 43.7 Å². The first-order chi connectivity index (χ1) is 13.9. The lowest BCUT2D eigenvalue weighted by atomic mass is 9.87. The standard InChI is InChI=1S/C21H26Cl2N4O2/c1-27(18-9-12-24-20(23)26-18)15-7-8-17(22)16(13-15)19(28)25-14-21(29)10-5-3-2-4-6-11-21/h7-9,12-13,29H,2-6,10-11,14H2,1H3,(H,25,28). The number of aliphatic hydroxyl groups is 1. The SMILES string of the molecule is CN(c1ccc(Cl)c(C(=O)NCC2(O)CCCCCCC2)c1)c1ccnc(Cl)n1. The summed E-state index contributed by atoms with van der Waals surface area (Å²) in [5.74, 6) is 0.295. The van der Waals surface area contributed by atoms with Crippen molar-refractivity contribution in [1.82, 2.24) is 15.3 Å². The van der Waals surface area contributed by atoms with Crippen LogP contribution in [-0.2, 0) is 0 Å². The molecule has 0 aliphatic heterocycles. The molecule has 1 aromatic heterocycles. The van der Waals surface area contributed by atoms with E-state index in [1.54, 1.807) is 35.4 Å². The van der Waals surface area contributed by atoms with Gasteiger partial charge in [0.2, 0.25) is 5.28 Å². The number of benzene rings is 1. The van der Waals surface area contributed by atoms with Gasteiger partial charge in [-0.15, -0.1) is 0 Å². The average Bonchev–Trinajstić information content (AvgIpc) is 2.69. The third-order valence-corrected chi connectivity index (χ3v) is 5.91. The molecule has 1 aromatic carbocycles. The molecule has 1 aliphatic rings. The van der Waals surface area contributed by atoms with Crippen molar-refractivity contribution in [2.24, 2.45) is 0 Å². The summed E-state index contributed by atoms with van der Waals surface area (Å²) in [6.45, 7) is 0.226. The van der Waals surface area contributed by atoms with Gasteiger partial charge in [0.1, 0.15) is 5.82 Å². The fourth-order valence-electron chi connectivity index (χ4n) is 3.62. The van der Waals surface area contributed by atoms with Crippen LogP contribution >= 0.6 is 23.2 Å². The third kappa shape index (κ3) is 5.81. The molecule has 29 heavy (non-hydrogen) atoms. The molecule has 0 unspecified atom stereocenters. The lowest BCUT2D eigenvalue weighted by molar-refractivity contribution is 0.0146. The maximum absolute atomic E-state index is 12.8. The van der Waals surface area contributed by atoms with E-state index in [1.807, 2.05) is 7.05 Å². The Balaban J connectivity index is 1.72. The van der Waals surface area contributed by atoms with Crippen LogP contribution in [0.5, 0.6) is 0 Å². The van der Waals surface area contributed by atoms with Crippen LogP contribution in [0.25, 0.3) is 0 Å². The lowest BCUT2D eigenvalue weighted by Gasteiger charge is -2.30. The number of rotatable bonds is 5. The molecule has 3 rings (SSSR count). The lowest BCUT2D eigenvalue weighted by Crippen LogP contribution is -2.43. The summed E-state index contributed by atoms with van der Waals surface area (Å²) < 4.78 is 0. The summed E-state index contributed by atoms with van der Waals surface area (Å²) in [7, 11) is 1.82. The van der Waals surface area contributed by atoms with Crippen molar-refractivity contribution >= 4 is 40.6 Å². The second-order valence-corrected chi connectivity index (χ2v) is 8.33. The van der Waals surface area contributed by atoms with Crippen LogP contribution in [0.4, 0.5) is 11.5 Å². The van der Waals surface area contributed by atoms with E-state index < -0.39 is 5.60 Å². The zero-order chi connectivity index (χ0) is 20.9. The third-order valence-electron chi connectivity index (χ3n) is 5.40. The van der Waals surface area contributed by atoms with E-state index in [0.717, 1.165) is 31.4 Å². The van der Waals surface area contributed by atoms with Gasteiger partial charge in [0.05, 0.1) is 16.2 Å². The fraction of sp³-hybridized carbons (Fsp3) is 0.476. The molecule has 8 heteroatoms. The van der Waals surface area contributed by atoms with Gasteiger partial charge in [0, 0.05) is 25.5 Å². The van der Waals surface area contributed by atoms with Gasteiger partial charge >= 0.3 is 0 Å². The first-order valence-corrected chi connectivity index (χ1v) is 10.7. The molecule has 1 aliphatic carbocycles. The topological polar surface area (TPSA) is 78.4 Å². The summed E-state index contributed by atoms with van der Waals surface area (Å²) in [6, 6.07) is 6.91. The highest BCUT2D eigenvalue weighted by Crippen LogP contribution is 2.28. The second kappa shape index (κ2) is 9.74. The largest absolute Gasteiger partial charge is 0.388 e. The minimum Gasteiger partial charge on any atom is -0.388 e. The zero-order valence-corrected chi connectivity index (χ0v) is 18.0. The Bertz CT molecular complexity index is 854. The van der Waals surface area contributed by atoms with E-state index >= 15 is 0 Å². The highest BCUT2D eigenvalue weighted by Gasteiger charge is 2.28. The quantitative estimate of drug-likeness (QED) is 0.660. The summed E-state index contributed by atoms with van der Waals surface area (Å²) in [4.78, 5) is 22.7. The van der Waals surface area contributed by atoms with Gasteiger partial charge in [0.15, 0.2) is 0 Å². The Morgan fingerprint density at radius 1 is 1.17 bits per heavy atom. The number of hydrogen-bond acceptors (Lipinski definition) is 5. The molecule has 0 radical (unpaired) electrons. The molecule has 1 saturated carbocycles. The maximum atomic E-state index is 12.8. The van der Waals surface area contributed by atoms with Crippen molar-refractivity contribution in [3.05, 3.63) is 46.3 Å². The molecule has 0 atom stereocenters. The molecule has 156 valence electrons. The average molecular weight is 437 g/mol. The van der Waals surface area contributed by atoms with Gasteiger partial charge in [-0.05, 0) is 48.7 Å². The minimum atomic E-state index is -0.853. The maximum Gasteiger partial charge on any atom is 0.252 e. The number of nitrogens with one attached hydrogen (secondary N) is 1.